The molecule has 0 heterocycles. The van der Waals surface area contributed by atoms with Crippen LogP contribution in [-0.2, 0) is 10.0 Å². The first-order valence-electron chi connectivity index (χ1n) is 5.55. The Bertz CT molecular complexity index is 557. The van der Waals surface area contributed by atoms with Gasteiger partial charge in [-0.05, 0) is 18.6 Å². The highest BCUT2D eigenvalue weighted by Crippen LogP contribution is 2.21. The fourth-order valence-electron chi connectivity index (χ4n) is 1.47. The summed E-state index contributed by atoms with van der Waals surface area (Å²) in [5, 5.41) is 7.44. The summed E-state index contributed by atoms with van der Waals surface area (Å²) < 4.78 is 26.5. The normalized spacial score (nSPS) is 11.1. The van der Waals surface area contributed by atoms with Crippen molar-refractivity contribution in [3.05, 3.63) is 23.8 Å². The summed E-state index contributed by atoms with van der Waals surface area (Å²) in [5.74, 6) is -0.165. The van der Waals surface area contributed by atoms with Crippen LogP contribution in [0.25, 0.3) is 0 Å². The van der Waals surface area contributed by atoms with Gasteiger partial charge in [0, 0.05) is 18.3 Å². The van der Waals surface area contributed by atoms with E-state index in [1.165, 1.54) is 7.11 Å². The smallest absolute Gasteiger partial charge is 0.255 e. The molecular formula is C11H17N3O4S. The van der Waals surface area contributed by atoms with Gasteiger partial charge in [0.25, 0.3) is 5.91 Å². The average Bonchev–Trinajstić information content (AvgIpc) is 2.33. The molecule has 5 N–H and O–H groups in total. The van der Waals surface area contributed by atoms with Gasteiger partial charge >= 0.3 is 0 Å². The highest BCUT2D eigenvalue weighted by Gasteiger charge is 2.12. The minimum Gasteiger partial charge on any atom is -0.496 e. The predicted octanol–water partition coefficient (Wildman–Crippen LogP) is -0.314. The van der Waals surface area contributed by atoms with Crippen molar-refractivity contribution in [2.24, 2.45) is 5.14 Å². The van der Waals surface area contributed by atoms with Crippen LogP contribution in [0.1, 0.15) is 16.8 Å². The molecule has 8 heteroatoms. The molecule has 0 saturated carbocycles. The van der Waals surface area contributed by atoms with Crippen LogP contribution in [0, 0.1) is 0 Å². The summed E-state index contributed by atoms with van der Waals surface area (Å²) in [4.78, 5) is 11.8. The van der Waals surface area contributed by atoms with Crippen molar-refractivity contribution < 1.29 is 17.9 Å². The number of ether oxygens (including phenoxy) is 1. The highest BCUT2D eigenvalue weighted by molar-refractivity contribution is 7.89. The molecule has 0 fully saturated rings. The molecular weight excluding hydrogens is 270 g/mol. The first kappa shape index (κ1) is 15.3. The van der Waals surface area contributed by atoms with Gasteiger partial charge in [-0.1, -0.05) is 0 Å². The SMILES string of the molecule is COc1cc(N)ccc1C(=O)NCCCS(N)(=O)=O. The molecule has 0 spiro atoms. The lowest BCUT2D eigenvalue weighted by atomic mass is 10.1. The Morgan fingerprint density at radius 2 is 2.11 bits per heavy atom. The summed E-state index contributed by atoms with van der Waals surface area (Å²) in [5.41, 5.74) is 6.41. The summed E-state index contributed by atoms with van der Waals surface area (Å²) in [6, 6.07) is 4.67. The Balaban J connectivity index is 2.59. The Morgan fingerprint density at radius 1 is 1.42 bits per heavy atom. The van der Waals surface area contributed by atoms with Crippen LogP contribution in [0.3, 0.4) is 0 Å². The van der Waals surface area contributed by atoms with Crippen LogP contribution in [-0.4, -0.2) is 33.7 Å². The fourth-order valence-corrected chi connectivity index (χ4v) is 2.01. The van der Waals surface area contributed by atoms with Crippen molar-refractivity contribution in [2.75, 3.05) is 25.1 Å². The van der Waals surface area contributed by atoms with Crippen LogP contribution in [0.2, 0.25) is 0 Å². The summed E-state index contributed by atoms with van der Waals surface area (Å²) in [6.45, 7) is 0.211. The van der Waals surface area contributed by atoms with E-state index in [0.29, 0.717) is 17.0 Å². The molecule has 0 aliphatic heterocycles. The maximum Gasteiger partial charge on any atom is 0.255 e. The predicted molar refractivity (Wildman–Crippen MR) is 72.3 cm³/mol. The molecule has 0 bridgehead atoms. The third-order valence-electron chi connectivity index (χ3n) is 2.36. The lowest BCUT2D eigenvalue weighted by Gasteiger charge is -2.09. The van der Waals surface area contributed by atoms with E-state index >= 15 is 0 Å². The lowest BCUT2D eigenvalue weighted by molar-refractivity contribution is 0.0950. The molecule has 1 aromatic carbocycles. The number of rotatable bonds is 6. The monoisotopic (exact) mass is 287 g/mol. The maximum absolute atomic E-state index is 11.8. The van der Waals surface area contributed by atoms with Gasteiger partial charge in [-0.2, -0.15) is 0 Å². The quantitative estimate of drug-likeness (QED) is 0.489. The van der Waals surface area contributed by atoms with Gasteiger partial charge in [-0.3, -0.25) is 4.79 Å². The topological polar surface area (TPSA) is 125 Å². The van der Waals surface area contributed by atoms with Crippen molar-refractivity contribution in [1.82, 2.24) is 5.32 Å². The first-order chi connectivity index (χ1) is 8.83. The Morgan fingerprint density at radius 3 is 2.68 bits per heavy atom. The van der Waals surface area contributed by atoms with Crippen molar-refractivity contribution in [1.29, 1.82) is 0 Å². The number of nitrogens with one attached hydrogen (secondary N) is 1. The maximum atomic E-state index is 11.8. The van der Waals surface area contributed by atoms with Crippen molar-refractivity contribution in [3.63, 3.8) is 0 Å². The van der Waals surface area contributed by atoms with Gasteiger partial charge in [-0.15, -0.1) is 0 Å². The number of sulfonamides is 1. The molecule has 7 nitrogen and oxygen atoms in total. The lowest BCUT2D eigenvalue weighted by Crippen LogP contribution is -2.27. The number of hydrogen-bond acceptors (Lipinski definition) is 5. The largest absolute Gasteiger partial charge is 0.496 e. The number of nitrogen functional groups attached to an aromatic ring is 1. The van der Waals surface area contributed by atoms with E-state index in [4.69, 9.17) is 15.6 Å². The van der Waals surface area contributed by atoms with E-state index in [9.17, 15) is 13.2 Å². The number of carbonyl (C=O) groups excluding carboxylic acids is 1. The third-order valence-corrected chi connectivity index (χ3v) is 3.22. The van der Waals surface area contributed by atoms with E-state index in [2.05, 4.69) is 5.32 Å². The minimum atomic E-state index is -3.50. The summed E-state index contributed by atoms with van der Waals surface area (Å²) in [6.07, 6.45) is 0.252. The molecule has 1 aromatic rings. The van der Waals surface area contributed by atoms with Crippen molar-refractivity contribution >= 4 is 21.6 Å². The number of methoxy groups -OCH3 is 1. The second-order valence-electron chi connectivity index (χ2n) is 3.94. The molecule has 0 aliphatic carbocycles. The Labute approximate surface area is 112 Å². The Hall–Kier alpha value is -1.80. The zero-order chi connectivity index (χ0) is 14.5. The van der Waals surface area contributed by atoms with Crippen LogP contribution < -0.4 is 20.9 Å². The van der Waals surface area contributed by atoms with Gasteiger partial charge in [0.2, 0.25) is 10.0 Å². The van der Waals surface area contributed by atoms with E-state index in [0.717, 1.165) is 0 Å². The first-order valence-corrected chi connectivity index (χ1v) is 7.27. The second-order valence-corrected chi connectivity index (χ2v) is 5.67. The number of carbonyl (C=O) groups is 1. The van der Waals surface area contributed by atoms with Gasteiger partial charge in [-0.25, -0.2) is 13.6 Å². The number of anilines is 1. The van der Waals surface area contributed by atoms with Gasteiger partial charge < -0.3 is 15.8 Å². The van der Waals surface area contributed by atoms with Crippen LogP contribution >= 0.6 is 0 Å². The summed E-state index contributed by atoms with van der Waals surface area (Å²) >= 11 is 0. The number of hydrogen-bond donors (Lipinski definition) is 3. The second kappa shape index (κ2) is 6.39. The number of primary sulfonamides is 1. The fraction of sp³-hybridized carbons (Fsp3) is 0.364. The van der Waals surface area contributed by atoms with E-state index in [1.807, 2.05) is 0 Å². The molecule has 0 aromatic heterocycles. The molecule has 19 heavy (non-hydrogen) atoms. The van der Waals surface area contributed by atoms with E-state index < -0.39 is 10.0 Å². The van der Waals surface area contributed by atoms with Crippen molar-refractivity contribution in [2.45, 2.75) is 6.42 Å². The van der Waals surface area contributed by atoms with Crippen LogP contribution in [0.15, 0.2) is 18.2 Å². The van der Waals surface area contributed by atoms with Gasteiger partial charge in [0.15, 0.2) is 0 Å². The van der Waals surface area contributed by atoms with E-state index in [1.54, 1.807) is 18.2 Å². The molecule has 0 radical (unpaired) electrons. The molecule has 106 valence electrons. The molecule has 0 atom stereocenters. The minimum absolute atomic E-state index is 0.174. The number of nitrogens with two attached hydrogens (primary N) is 2. The standard InChI is InChI=1S/C11H17N3O4S/c1-18-10-7-8(12)3-4-9(10)11(15)14-5-2-6-19(13,16)17/h3-4,7H,2,5-6,12H2,1H3,(H,14,15)(H2,13,16,17). The third kappa shape index (κ3) is 5.14. The average molecular weight is 287 g/mol. The zero-order valence-electron chi connectivity index (χ0n) is 10.5. The highest BCUT2D eigenvalue weighted by atomic mass is 32.2. The van der Waals surface area contributed by atoms with E-state index in [-0.39, 0.29) is 24.6 Å². The molecule has 1 rings (SSSR count). The number of benzene rings is 1. The van der Waals surface area contributed by atoms with Gasteiger partial charge in [0.05, 0.1) is 18.4 Å². The summed E-state index contributed by atoms with van der Waals surface area (Å²) in [7, 11) is -2.06. The Kier molecular flexibility index (Phi) is 5.13. The molecule has 0 unspecified atom stereocenters. The van der Waals surface area contributed by atoms with Gasteiger partial charge in [0.1, 0.15) is 5.75 Å². The molecule has 0 saturated heterocycles. The number of amides is 1. The van der Waals surface area contributed by atoms with Crippen molar-refractivity contribution in [3.8, 4) is 5.75 Å². The van der Waals surface area contributed by atoms with Crippen LogP contribution in [0.4, 0.5) is 5.69 Å². The zero-order valence-corrected chi connectivity index (χ0v) is 11.4. The molecule has 0 aliphatic rings. The molecule has 1 amide bonds. The van der Waals surface area contributed by atoms with Crippen LogP contribution in [0.5, 0.6) is 5.75 Å².